The normalized spacial score (nSPS) is 11.2. The predicted molar refractivity (Wildman–Crippen MR) is 117 cm³/mol. The number of aryl methyl sites for hydroxylation is 1. The highest BCUT2D eigenvalue weighted by Gasteiger charge is 2.17. The molecule has 0 unspecified atom stereocenters. The molecule has 0 spiro atoms. The van der Waals surface area contributed by atoms with Crippen LogP contribution in [0.25, 0.3) is 33.3 Å². The Labute approximate surface area is 178 Å². The molecule has 0 fully saturated rings. The van der Waals surface area contributed by atoms with Crippen LogP contribution in [0.15, 0.2) is 30.6 Å². The zero-order valence-corrected chi connectivity index (χ0v) is 17.5. The Hall–Kier alpha value is -3.79. The van der Waals surface area contributed by atoms with Crippen molar-refractivity contribution in [1.29, 1.82) is 0 Å². The van der Waals surface area contributed by atoms with E-state index < -0.39 is 6.09 Å². The van der Waals surface area contributed by atoms with Crippen LogP contribution in [0.5, 0.6) is 11.6 Å². The van der Waals surface area contributed by atoms with Crippen molar-refractivity contribution >= 4 is 28.2 Å². The van der Waals surface area contributed by atoms with E-state index in [2.05, 4.69) is 31.7 Å². The Balaban J connectivity index is 1.67. The van der Waals surface area contributed by atoms with Crippen LogP contribution in [0.3, 0.4) is 0 Å². The summed E-state index contributed by atoms with van der Waals surface area (Å²) in [5.74, 6) is 1.00. The Morgan fingerprint density at radius 1 is 1.26 bits per heavy atom. The van der Waals surface area contributed by atoms with Crippen LogP contribution in [0.2, 0.25) is 0 Å². The van der Waals surface area contributed by atoms with Crippen molar-refractivity contribution in [3.8, 4) is 22.9 Å². The van der Waals surface area contributed by atoms with Gasteiger partial charge in [0.1, 0.15) is 11.2 Å². The summed E-state index contributed by atoms with van der Waals surface area (Å²) in [5.41, 5.74) is 5.39. The number of hydrogen-bond donors (Lipinski definition) is 4. The summed E-state index contributed by atoms with van der Waals surface area (Å²) in [6.07, 6.45) is 2.74. The second kappa shape index (κ2) is 8.52. The Bertz CT molecular complexity index is 1250. The fourth-order valence-electron chi connectivity index (χ4n) is 3.61. The van der Waals surface area contributed by atoms with E-state index in [1.165, 1.54) is 0 Å². The number of pyridine rings is 2. The minimum absolute atomic E-state index is 0.342. The lowest BCUT2D eigenvalue weighted by Gasteiger charge is -2.07. The van der Waals surface area contributed by atoms with Crippen molar-refractivity contribution in [3.63, 3.8) is 0 Å². The first kappa shape index (κ1) is 20.5. The average molecular weight is 424 g/mol. The maximum atomic E-state index is 10.5. The van der Waals surface area contributed by atoms with Gasteiger partial charge in [-0.1, -0.05) is 0 Å². The Morgan fingerprint density at radius 2 is 2.10 bits per heavy atom. The topological polar surface area (TPSA) is 126 Å². The van der Waals surface area contributed by atoms with Gasteiger partial charge >= 0.3 is 6.09 Å². The van der Waals surface area contributed by atoms with E-state index >= 15 is 0 Å². The van der Waals surface area contributed by atoms with E-state index in [1.54, 1.807) is 20.4 Å². The van der Waals surface area contributed by atoms with Gasteiger partial charge in [-0.05, 0) is 17.7 Å². The van der Waals surface area contributed by atoms with Crippen molar-refractivity contribution in [2.75, 3.05) is 27.3 Å². The number of rotatable bonds is 8. The van der Waals surface area contributed by atoms with Gasteiger partial charge in [-0.3, -0.25) is 0 Å². The number of nitrogens with zero attached hydrogens (tertiary/aromatic N) is 3. The predicted octanol–water partition coefficient (Wildman–Crippen LogP) is 2.49. The molecule has 0 radical (unpaired) electrons. The van der Waals surface area contributed by atoms with E-state index in [1.807, 2.05) is 29.9 Å². The summed E-state index contributed by atoms with van der Waals surface area (Å²) in [6, 6.07) is 5.92. The fraction of sp³-hybridized carbons (Fsp3) is 0.286. The standard InChI is InChI=1S/C21H24N6O4/c1-27-11-14(18-16(27)9-17(30-2)20(26-18)31-3)15-8-13-12(4-5-23-19(13)25-15)10-22-6-7-24-21(28)29/h4-5,8-9,11,22,24H,6-7,10H2,1-3H3,(H,23,25)(H,28,29). The van der Waals surface area contributed by atoms with Gasteiger partial charge in [0.25, 0.3) is 5.88 Å². The van der Waals surface area contributed by atoms with Gasteiger partial charge in [0.15, 0.2) is 5.75 Å². The van der Waals surface area contributed by atoms with Gasteiger partial charge in [-0.15, -0.1) is 0 Å². The minimum Gasteiger partial charge on any atom is -0.491 e. The molecule has 4 heterocycles. The number of methoxy groups -OCH3 is 2. The lowest BCUT2D eigenvalue weighted by molar-refractivity contribution is 0.194. The second-order valence-electron chi connectivity index (χ2n) is 7.05. The summed E-state index contributed by atoms with van der Waals surface area (Å²) < 4.78 is 12.8. The molecule has 4 N–H and O–H groups in total. The number of hydrogen-bond acceptors (Lipinski definition) is 6. The first-order chi connectivity index (χ1) is 15.0. The summed E-state index contributed by atoms with van der Waals surface area (Å²) >= 11 is 0. The summed E-state index contributed by atoms with van der Waals surface area (Å²) in [6.45, 7) is 1.47. The number of carbonyl (C=O) groups is 1. The van der Waals surface area contributed by atoms with Gasteiger partial charge in [0.05, 0.1) is 25.4 Å². The molecule has 0 saturated heterocycles. The molecule has 10 nitrogen and oxygen atoms in total. The van der Waals surface area contributed by atoms with Crippen LogP contribution in [0.1, 0.15) is 5.56 Å². The minimum atomic E-state index is -1.03. The number of aromatic nitrogens is 4. The fourth-order valence-corrected chi connectivity index (χ4v) is 3.61. The summed E-state index contributed by atoms with van der Waals surface area (Å²) in [5, 5.41) is 15.2. The molecule has 1 amide bonds. The molecule has 10 heteroatoms. The molecule has 0 atom stereocenters. The molecule has 162 valence electrons. The molecule has 4 aromatic rings. The molecule has 0 aromatic carbocycles. The summed E-state index contributed by atoms with van der Waals surface area (Å²) in [7, 11) is 5.12. The van der Waals surface area contributed by atoms with Crippen molar-refractivity contribution < 1.29 is 19.4 Å². The van der Waals surface area contributed by atoms with Crippen LogP contribution in [-0.2, 0) is 13.6 Å². The van der Waals surface area contributed by atoms with Gasteiger partial charge in [-0.25, -0.2) is 14.8 Å². The van der Waals surface area contributed by atoms with E-state index in [-0.39, 0.29) is 0 Å². The van der Waals surface area contributed by atoms with E-state index in [0.29, 0.717) is 31.3 Å². The number of aromatic amines is 1. The van der Waals surface area contributed by atoms with Crippen molar-refractivity contribution in [3.05, 3.63) is 36.2 Å². The molecule has 31 heavy (non-hydrogen) atoms. The second-order valence-corrected chi connectivity index (χ2v) is 7.05. The van der Waals surface area contributed by atoms with Crippen LogP contribution in [0, 0.1) is 0 Å². The summed E-state index contributed by atoms with van der Waals surface area (Å²) in [4.78, 5) is 23.0. The number of H-pyrrole nitrogens is 1. The van der Waals surface area contributed by atoms with Crippen LogP contribution >= 0.6 is 0 Å². The van der Waals surface area contributed by atoms with Gasteiger partial charge in [-0.2, -0.15) is 0 Å². The molecule has 4 rings (SSSR count). The highest BCUT2D eigenvalue weighted by molar-refractivity contribution is 5.96. The average Bonchev–Trinajstić information content (AvgIpc) is 3.33. The van der Waals surface area contributed by atoms with Gasteiger partial charge in [0, 0.05) is 56.1 Å². The molecule has 0 aliphatic heterocycles. The van der Waals surface area contributed by atoms with Crippen molar-refractivity contribution in [2.24, 2.45) is 7.05 Å². The third-order valence-corrected chi connectivity index (χ3v) is 5.11. The number of ether oxygens (including phenoxy) is 2. The third kappa shape index (κ3) is 3.97. The number of fused-ring (bicyclic) bond motifs is 2. The Kier molecular flexibility index (Phi) is 5.63. The molecule has 0 bridgehead atoms. The van der Waals surface area contributed by atoms with E-state index in [4.69, 9.17) is 14.6 Å². The molecule has 0 aliphatic carbocycles. The molecule has 4 aromatic heterocycles. The molecular weight excluding hydrogens is 400 g/mol. The Morgan fingerprint density at radius 3 is 2.84 bits per heavy atom. The van der Waals surface area contributed by atoms with Crippen LogP contribution in [-0.4, -0.2) is 58.0 Å². The SMILES string of the molecule is COc1cc2c(nc1OC)c(-c1cc3c(CNCCNC(=O)O)ccnc3[nH]1)cn2C. The first-order valence-corrected chi connectivity index (χ1v) is 9.74. The molecular formula is C21H24N6O4. The number of amides is 1. The largest absolute Gasteiger partial charge is 0.491 e. The number of nitrogens with one attached hydrogen (secondary N) is 3. The zero-order valence-electron chi connectivity index (χ0n) is 17.5. The highest BCUT2D eigenvalue weighted by Crippen LogP contribution is 2.36. The zero-order chi connectivity index (χ0) is 22.0. The van der Waals surface area contributed by atoms with Gasteiger partial charge in [0.2, 0.25) is 0 Å². The van der Waals surface area contributed by atoms with Crippen molar-refractivity contribution in [2.45, 2.75) is 6.54 Å². The smallest absolute Gasteiger partial charge is 0.404 e. The first-order valence-electron chi connectivity index (χ1n) is 9.74. The van der Waals surface area contributed by atoms with Crippen molar-refractivity contribution in [1.82, 2.24) is 30.2 Å². The van der Waals surface area contributed by atoms with E-state index in [0.717, 1.165) is 38.9 Å². The molecule has 0 saturated carbocycles. The quantitative estimate of drug-likeness (QED) is 0.320. The maximum absolute atomic E-state index is 10.5. The van der Waals surface area contributed by atoms with Crippen LogP contribution < -0.4 is 20.1 Å². The van der Waals surface area contributed by atoms with Crippen LogP contribution in [0.4, 0.5) is 4.79 Å². The van der Waals surface area contributed by atoms with E-state index in [9.17, 15) is 4.79 Å². The lowest BCUT2D eigenvalue weighted by atomic mass is 10.1. The monoisotopic (exact) mass is 424 g/mol. The maximum Gasteiger partial charge on any atom is 0.404 e. The highest BCUT2D eigenvalue weighted by atomic mass is 16.5. The third-order valence-electron chi connectivity index (χ3n) is 5.11. The molecule has 0 aliphatic rings. The lowest BCUT2D eigenvalue weighted by Crippen LogP contribution is -2.30. The number of carboxylic acid groups (broad SMARTS) is 1. The van der Waals surface area contributed by atoms with Gasteiger partial charge < -0.3 is 34.8 Å².